The molecule has 276 valence electrons. The third kappa shape index (κ3) is 8.35. The Kier molecular flexibility index (Phi) is 10.7. The first-order valence-electron chi connectivity index (χ1n) is 20.0. The predicted molar refractivity (Wildman–Crippen MR) is 247 cm³/mol. The van der Waals surface area contributed by atoms with Crippen molar-refractivity contribution in [3.8, 4) is 44.5 Å². The number of hydrogen-bond donors (Lipinski definition) is 0. The summed E-state index contributed by atoms with van der Waals surface area (Å²) in [5.74, 6) is 0. The summed E-state index contributed by atoms with van der Waals surface area (Å²) in [7, 11) is 0. The Balaban J connectivity index is 0.990. The van der Waals surface area contributed by atoms with Gasteiger partial charge in [0.15, 0.2) is 0 Å². The molecule has 0 aliphatic rings. The normalized spacial score (nSPS) is 11.3. The standard InChI is InChI=1S/C57H43N/c1-5-15-43(16-6-1)39-54(40-44-27-29-47(30-28-44)45-17-7-2-8-18-45)52-22-13-21-51(41-52)49-31-33-50(34-32-49)53-23-14-26-57(42-53)58(55-24-11-4-12-25-55)56-37-35-48(36-38-56)46-19-9-3-10-20-46/h1-39,41-42H,40H2/b54-39-. The average Bonchev–Trinajstić information content (AvgIpc) is 3.31. The van der Waals surface area contributed by atoms with E-state index in [9.17, 15) is 0 Å². The topological polar surface area (TPSA) is 3.24 Å². The van der Waals surface area contributed by atoms with Crippen LogP contribution in [0.5, 0.6) is 0 Å². The number of anilines is 3. The molecule has 9 rings (SSSR count). The van der Waals surface area contributed by atoms with Gasteiger partial charge in [-0.3, -0.25) is 0 Å². The minimum atomic E-state index is 0.833. The molecule has 58 heavy (non-hydrogen) atoms. The number of para-hydroxylation sites is 1. The summed E-state index contributed by atoms with van der Waals surface area (Å²) in [5.41, 5.74) is 18.0. The summed E-state index contributed by atoms with van der Waals surface area (Å²) in [5, 5.41) is 0. The van der Waals surface area contributed by atoms with Crippen LogP contribution in [-0.2, 0) is 6.42 Å². The van der Waals surface area contributed by atoms with Crippen molar-refractivity contribution in [2.24, 2.45) is 0 Å². The van der Waals surface area contributed by atoms with Crippen LogP contribution in [0.15, 0.2) is 243 Å². The zero-order valence-electron chi connectivity index (χ0n) is 32.3. The Hall–Kier alpha value is -7.48. The van der Waals surface area contributed by atoms with Crippen LogP contribution in [0.4, 0.5) is 17.1 Å². The molecule has 9 aromatic rings. The molecule has 0 heterocycles. The van der Waals surface area contributed by atoms with Gasteiger partial charge in [-0.15, -0.1) is 0 Å². The maximum absolute atomic E-state index is 2.34. The average molecular weight is 742 g/mol. The largest absolute Gasteiger partial charge is 0.310 e. The number of hydrogen-bond acceptors (Lipinski definition) is 1. The van der Waals surface area contributed by atoms with Gasteiger partial charge in [-0.05, 0) is 116 Å². The fraction of sp³-hybridized carbons (Fsp3) is 0.0175. The van der Waals surface area contributed by atoms with Crippen molar-refractivity contribution in [2.75, 3.05) is 4.90 Å². The third-order valence-electron chi connectivity index (χ3n) is 10.7. The van der Waals surface area contributed by atoms with Gasteiger partial charge in [0, 0.05) is 17.1 Å². The lowest BCUT2D eigenvalue weighted by molar-refractivity contribution is 1.28. The number of nitrogens with zero attached hydrogens (tertiary/aromatic N) is 1. The van der Waals surface area contributed by atoms with Gasteiger partial charge in [0.25, 0.3) is 0 Å². The summed E-state index contributed by atoms with van der Waals surface area (Å²) in [6.07, 6.45) is 3.16. The molecule has 0 radical (unpaired) electrons. The molecule has 1 nitrogen and oxygen atoms in total. The second kappa shape index (κ2) is 17.1. The lowest BCUT2D eigenvalue weighted by Crippen LogP contribution is -2.09. The Bertz CT molecular complexity index is 2730. The monoisotopic (exact) mass is 741 g/mol. The third-order valence-corrected chi connectivity index (χ3v) is 10.7. The smallest absolute Gasteiger partial charge is 0.0467 e. The summed E-state index contributed by atoms with van der Waals surface area (Å²) in [6, 6.07) is 87.0. The molecule has 0 atom stereocenters. The summed E-state index contributed by atoms with van der Waals surface area (Å²) < 4.78 is 0. The molecule has 0 fully saturated rings. The predicted octanol–water partition coefficient (Wildman–Crippen LogP) is 15.6. The molecule has 0 aromatic heterocycles. The van der Waals surface area contributed by atoms with Crippen LogP contribution in [0.2, 0.25) is 0 Å². The molecule has 0 aliphatic carbocycles. The molecular formula is C57H43N. The summed E-state index contributed by atoms with van der Waals surface area (Å²) in [4.78, 5) is 2.33. The Morgan fingerprint density at radius 3 is 1.29 bits per heavy atom. The quantitative estimate of drug-likeness (QED) is 0.119. The first-order valence-corrected chi connectivity index (χ1v) is 20.0. The van der Waals surface area contributed by atoms with E-state index in [4.69, 9.17) is 0 Å². The number of rotatable bonds is 11. The highest BCUT2D eigenvalue weighted by molar-refractivity contribution is 5.86. The zero-order valence-corrected chi connectivity index (χ0v) is 32.3. The van der Waals surface area contributed by atoms with Crippen LogP contribution in [0.3, 0.4) is 0 Å². The maximum atomic E-state index is 2.34. The second-order valence-electron chi connectivity index (χ2n) is 14.6. The van der Waals surface area contributed by atoms with Crippen molar-refractivity contribution in [1.29, 1.82) is 0 Å². The summed E-state index contributed by atoms with van der Waals surface area (Å²) in [6.45, 7) is 0. The fourth-order valence-electron chi connectivity index (χ4n) is 7.69. The Morgan fingerprint density at radius 1 is 0.310 bits per heavy atom. The molecular weight excluding hydrogens is 699 g/mol. The van der Waals surface area contributed by atoms with E-state index in [1.165, 1.54) is 66.8 Å². The van der Waals surface area contributed by atoms with Crippen molar-refractivity contribution < 1.29 is 0 Å². The van der Waals surface area contributed by atoms with Crippen molar-refractivity contribution >= 4 is 28.7 Å². The molecule has 0 saturated heterocycles. The molecule has 0 amide bonds. The van der Waals surface area contributed by atoms with Crippen LogP contribution in [0, 0.1) is 0 Å². The molecule has 9 aromatic carbocycles. The van der Waals surface area contributed by atoms with E-state index in [2.05, 4.69) is 254 Å². The van der Waals surface area contributed by atoms with Crippen molar-refractivity contribution in [2.45, 2.75) is 6.42 Å². The molecule has 0 spiro atoms. The van der Waals surface area contributed by atoms with Crippen molar-refractivity contribution in [1.82, 2.24) is 0 Å². The second-order valence-corrected chi connectivity index (χ2v) is 14.6. The fourth-order valence-corrected chi connectivity index (χ4v) is 7.69. The first-order chi connectivity index (χ1) is 28.7. The van der Waals surface area contributed by atoms with E-state index in [1.807, 2.05) is 0 Å². The summed E-state index contributed by atoms with van der Waals surface area (Å²) >= 11 is 0. The maximum Gasteiger partial charge on any atom is 0.0467 e. The van der Waals surface area contributed by atoms with E-state index in [0.717, 1.165) is 23.5 Å². The van der Waals surface area contributed by atoms with E-state index >= 15 is 0 Å². The van der Waals surface area contributed by atoms with Crippen LogP contribution >= 0.6 is 0 Å². The highest BCUT2D eigenvalue weighted by Crippen LogP contribution is 2.38. The number of allylic oxidation sites excluding steroid dienone is 1. The van der Waals surface area contributed by atoms with Gasteiger partial charge in [0.2, 0.25) is 0 Å². The lowest BCUT2D eigenvalue weighted by Gasteiger charge is -2.26. The number of benzene rings is 9. The molecule has 0 N–H and O–H groups in total. The molecule has 0 bridgehead atoms. The van der Waals surface area contributed by atoms with E-state index in [1.54, 1.807) is 0 Å². The molecule has 0 aliphatic heterocycles. The SMILES string of the molecule is C(=C(\Cc1ccc(-c2ccccc2)cc1)c1cccc(-c2ccc(-c3cccc(N(c4ccccc4)c4ccc(-c5ccccc5)cc4)c3)cc2)c1)/c1ccccc1. The molecule has 0 saturated carbocycles. The van der Waals surface area contributed by atoms with Gasteiger partial charge in [0.05, 0.1) is 0 Å². The van der Waals surface area contributed by atoms with E-state index < -0.39 is 0 Å². The first kappa shape index (κ1) is 36.2. The zero-order chi connectivity index (χ0) is 38.9. The Labute approximate surface area is 342 Å². The van der Waals surface area contributed by atoms with Crippen LogP contribution in [-0.4, -0.2) is 0 Å². The van der Waals surface area contributed by atoms with Gasteiger partial charge < -0.3 is 4.90 Å². The lowest BCUT2D eigenvalue weighted by atomic mass is 9.92. The Morgan fingerprint density at radius 2 is 0.707 bits per heavy atom. The van der Waals surface area contributed by atoms with Crippen LogP contribution in [0.25, 0.3) is 56.2 Å². The van der Waals surface area contributed by atoms with Gasteiger partial charge >= 0.3 is 0 Å². The minimum Gasteiger partial charge on any atom is -0.310 e. The van der Waals surface area contributed by atoms with Gasteiger partial charge in [-0.1, -0.05) is 206 Å². The van der Waals surface area contributed by atoms with E-state index in [-0.39, 0.29) is 0 Å². The van der Waals surface area contributed by atoms with Crippen molar-refractivity contribution in [3.63, 3.8) is 0 Å². The van der Waals surface area contributed by atoms with Crippen LogP contribution in [0.1, 0.15) is 16.7 Å². The van der Waals surface area contributed by atoms with E-state index in [0.29, 0.717) is 0 Å². The highest BCUT2D eigenvalue weighted by atomic mass is 15.1. The van der Waals surface area contributed by atoms with Gasteiger partial charge in [-0.2, -0.15) is 0 Å². The molecule has 0 unspecified atom stereocenters. The molecule has 1 heteroatoms. The van der Waals surface area contributed by atoms with Gasteiger partial charge in [0.1, 0.15) is 0 Å². The van der Waals surface area contributed by atoms with Gasteiger partial charge in [-0.25, -0.2) is 0 Å². The van der Waals surface area contributed by atoms with Crippen molar-refractivity contribution in [3.05, 3.63) is 259 Å². The van der Waals surface area contributed by atoms with Crippen LogP contribution < -0.4 is 4.90 Å². The minimum absolute atomic E-state index is 0.833. The highest BCUT2D eigenvalue weighted by Gasteiger charge is 2.14.